The fourth-order valence-electron chi connectivity index (χ4n) is 4.09. The zero-order valence-electron chi connectivity index (χ0n) is 18.4. The van der Waals surface area contributed by atoms with Gasteiger partial charge in [0.25, 0.3) is 0 Å². The Morgan fingerprint density at radius 1 is 0.808 bits per heavy atom. The summed E-state index contributed by atoms with van der Waals surface area (Å²) < 4.78 is 12.5. The molecule has 2 aliphatic heterocycles. The lowest BCUT2D eigenvalue weighted by Crippen LogP contribution is -2.67. The molecule has 0 unspecified atom stereocenters. The summed E-state index contributed by atoms with van der Waals surface area (Å²) in [5.74, 6) is 0.165. The first-order valence-corrected chi connectivity index (χ1v) is 15.6. The van der Waals surface area contributed by atoms with E-state index in [4.69, 9.17) is 9.47 Å². The number of Topliss-reactive ketones (excluding diaryl/α,β-unsaturated/α-hetero) is 1. The van der Waals surface area contributed by atoms with Gasteiger partial charge in [-0.05, 0) is 10.1 Å². The number of hydrogen-bond donors (Lipinski definition) is 0. The van der Waals surface area contributed by atoms with Crippen molar-refractivity contribution >= 4 is 21.9 Å². The molecule has 148 valence electrons. The van der Waals surface area contributed by atoms with Gasteiger partial charge in [0.1, 0.15) is 38.8 Å². The highest BCUT2D eigenvalue weighted by molar-refractivity contribution is 6.91. The predicted molar refractivity (Wildman–Crippen MR) is 115 cm³/mol. The second-order valence-electron chi connectivity index (χ2n) is 11.1. The van der Waals surface area contributed by atoms with Crippen molar-refractivity contribution in [2.45, 2.75) is 100 Å². The zero-order valence-corrected chi connectivity index (χ0v) is 20.4. The number of carbonyl (C=O) groups is 1. The molecular formula is C21H38O3Si2. The van der Waals surface area contributed by atoms with Gasteiger partial charge in [0.15, 0.2) is 5.78 Å². The number of carbonyl (C=O) groups excluding carboxylic acids is 1. The summed E-state index contributed by atoms with van der Waals surface area (Å²) in [5.41, 5.74) is 0. The van der Waals surface area contributed by atoms with E-state index in [9.17, 15) is 4.79 Å². The Kier molecular flexibility index (Phi) is 4.82. The summed E-state index contributed by atoms with van der Waals surface area (Å²) in [6.07, 6.45) is 3.21. The van der Waals surface area contributed by atoms with Crippen LogP contribution in [0.15, 0.2) is 25.3 Å². The Hall–Kier alpha value is -0.496. The topological polar surface area (TPSA) is 42.1 Å². The second-order valence-corrected chi connectivity index (χ2v) is 22.1. The summed E-state index contributed by atoms with van der Waals surface area (Å²) in [6.45, 7) is 30.4. The lowest BCUT2D eigenvalue weighted by Gasteiger charge is -2.46. The number of hydrogen-bond acceptors (Lipinski definition) is 3. The minimum absolute atomic E-state index is 0.0214. The van der Waals surface area contributed by atoms with Crippen LogP contribution < -0.4 is 0 Å². The average Bonchev–Trinajstić information content (AvgIpc) is 3.36. The van der Waals surface area contributed by atoms with Crippen LogP contribution >= 0.6 is 0 Å². The number of ketones is 1. The van der Waals surface area contributed by atoms with E-state index in [1.54, 1.807) is 0 Å². The second kappa shape index (κ2) is 5.75. The molecule has 5 heteroatoms. The molecule has 0 spiro atoms. The van der Waals surface area contributed by atoms with E-state index < -0.39 is 26.6 Å². The minimum Gasteiger partial charge on any atom is -0.357 e. The third kappa shape index (κ3) is 2.46. The SMILES string of the molecule is C=C[C@H]1O[C@@]1(C(=O)[C@@]1([Si](C)(C)C(C)(C)C)O[C@@H]1C=C)[Si](C)(C)C(C)(C)C. The van der Waals surface area contributed by atoms with E-state index >= 15 is 0 Å². The molecule has 2 aliphatic rings. The summed E-state index contributed by atoms with van der Waals surface area (Å²) in [4.78, 5) is 14.3. The Labute approximate surface area is 162 Å². The molecule has 0 N–H and O–H groups in total. The van der Waals surface area contributed by atoms with Crippen molar-refractivity contribution in [1.82, 2.24) is 0 Å². The smallest absolute Gasteiger partial charge is 0.195 e. The van der Waals surface area contributed by atoms with Crippen molar-refractivity contribution in [3.63, 3.8) is 0 Å². The van der Waals surface area contributed by atoms with Crippen LogP contribution in [0.25, 0.3) is 0 Å². The third-order valence-corrected chi connectivity index (χ3v) is 20.5. The molecule has 0 aromatic heterocycles. The molecule has 2 fully saturated rings. The summed E-state index contributed by atoms with van der Waals surface area (Å²) >= 11 is 0. The minimum atomic E-state index is -2.15. The maximum absolute atomic E-state index is 14.3. The lowest BCUT2D eigenvalue weighted by atomic mass is 10.1. The average molecular weight is 395 g/mol. The molecule has 3 nitrogen and oxygen atoms in total. The van der Waals surface area contributed by atoms with E-state index in [0.717, 1.165) is 0 Å². The standard InChI is InChI=1S/C21H38O3Si2/c1-13-15-20(23-15,25(9,10)18(3,4)5)17(22)21(16(14-2)24-21)26(11,12)19(6,7)8/h13-16H,1-2H2,3-12H3/t15-,16-,20-,21-/m1/s1. The molecule has 0 saturated carbocycles. The van der Waals surface area contributed by atoms with Gasteiger partial charge in [-0.2, -0.15) is 0 Å². The summed E-state index contributed by atoms with van der Waals surface area (Å²) in [6, 6.07) is 0. The van der Waals surface area contributed by atoms with Crippen molar-refractivity contribution in [2.75, 3.05) is 0 Å². The number of ether oxygens (including phenoxy) is 2. The van der Waals surface area contributed by atoms with Crippen molar-refractivity contribution < 1.29 is 14.3 Å². The zero-order chi connectivity index (χ0) is 20.6. The molecule has 0 radical (unpaired) electrons. The molecular weight excluding hydrogens is 356 g/mol. The van der Waals surface area contributed by atoms with Gasteiger partial charge in [0, 0.05) is 0 Å². The lowest BCUT2D eigenvalue weighted by molar-refractivity contribution is -0.124. The molecule has 0 bridgehead atoms. The van der Waals surface area contributed by atoms with E-state index in [1.807, 2.05) is 12.2 Å². The molecule has 2 saturated heterocycles. The van der Waals surface area contributed by atoms with E-state index in [2.05, 4.69) is 80.9 Å². The Bertz CT molecular complexity index is 585. The Morgan fingerprint density at radius 3 is 1.23 bits per heavy atom. The van der Waals surface area contributed by atoms with Gasteiger partial charge in [0.05, 0.1) is 0 Å². The number of epoxide rings is 2. The van der Waals surface area contributed by atoms with Crippen molar-refractivity contribution in [1.29, 1.82) is 0 Å². The highest BCUT2D eigenvalue weighted by Crippen LogP contribution is 2.63. The van der Waals surface area contributed by atoms with Gasteiger partial charge in [-0.1, -0.05) is 79.9 Å². The highest BCUT2D eigenvalue weighted by atomic mass is 28.3. The van der Waals surface area contributed by atoms with Gasteiger partial charge in [-0.25, -0.2) is 0 Å². The van der Waals surface area contributed by atoms with Crippen LogP contribution in [0.2, 0.25) is 36.3 Å². The monoisotopic (exact) mass is 394 g/mol. The first-order chi connectivity index (χ1) is 11.5. The van der Waals surface area contributed by atoms with Crippen molar-refractivity contribution in [2.24, 2.45) is 0 Å². The summed E-state index contributed by atoms with van der Waals surface area (Å²) in [5, 5.41) is -1.46. The van der Waals surface area contributed by atoms with Gasteiger partial charge in [-0.15, -0.1) is 13.2 Å². The molecule has 0 aliphatic carbocycles. The predicted octanol–water partition coefficient (Wildman–Crippen LogP) is 5.30. The van der Waals surface area contributed by atoms with Crippen molar-refractivity contribution in [3.8, 4) is 0 Å². The highest BCUT2D eigenvalue weighted by Gasteiger charge is 2.83. The molecule has 4 atom stereocenters. The third-order valence-electron chi connectivity index (χ3n) is 8.02. The maximum Gasteiger partial charge on any atom is 0.195 e. The quantitative estimate of drug-likeness (QED) is 0.349. The Balaban J connectivity index is 2.63. The van der Waals surface area contributed by atoms with Gasteiger partial charge >= 0.3 is 0 Å². The summed E-state index contributed by atoms with van der Waals surface area (Å²) in [7, 11) is -4.31. The maximum atomic E-state index is 14.3. The van der Waals surface area contributed by atoms with Crippen LogP contribution in [0.4, 0.5) is 0 Å². The van der Waals surface area contributed by atoms with Crippen molar-refractivity contribution in [3.05, 3.63) is 25.3 Å². The van der Waals surface area contributed by atoms with Gasteiger partial charge in [-0.3, -0.25) is 4.79 Å². The fraction of sp³-hybridized carbons (Fsp3) is 0.762. The van der Waals surface area contributed by atoms with Crippen LogP contribution in [0, 0.1) is 0 Å². The normalized spacial score (nSPS) is 35.0. The largest absolute Gasteiger partial charge is 0.357 e. The van der Waals surface area contributed by atoms with Crippen LogP contribution in [-0.2, 0) is 14.3 Å². The molecule has 2 rings (SSSR count). The molecule has 26 heavy (non-hydrogen) atoms. The van der Waals surface area contributed by atoms with E-state index in [-0.39, 0.29) is 28.1 Å². The number of rotatable bonds is 6. The molecule has 0 aromatic carbocycles. The van der Waals surface area contributed by atoms with Crippen LogP contribution in [0.3, 0.4) is 0 Å². The van der Waals surface area contributed by atoms with E-state index in [1.165, 1.54) is 0 Å². The van der Waals surface area contributed by atoms with Gasteiger partial charge in [0.2, 0.25) is 0 Å². The van der Waals surface area contributed by atoms with Gasteiger partial charge < -0.3 is 9.47 Å². The fourth-order valence-corrected chi connectivity index (χ4v) is 10.5. The van der Waals surface area contributed by atoms with E-state index in [0.29, 0.717) is 0 Å². The molecule has 0 amide bonds. The Morgan fingerprint density at radius 2 is 1.08 bits per heavy atom. The van der Waals surface area contributed by atoms with Crippen LogP contribution in [0.5, 0.6) is 0 Å². The molecule has 0 aromatic rings. The first-order valence-electron chi connectivity index (χ1n) is 9.64. The van der Waals surface area contributed by atoms with Crippen LogP contribution in [-0.4, -0.2) is 44.6 Å². The first kappa shape index (κ1) is 21.8. The van der Waals surface area contributed by atoms with Crippen LogP contribution in [0.1, 0.15) is 41.5 Å². The molecule has 2 heterocycles.